The molecule has 0 aliphatic heterocycles. The molecule has 0 atom stereocenters. The first-order chi connectivity index (χ1) is 12.7. The predicted molar refractivity (Wildman–Crippen MR) is 104 cm³/mol. The molecule has 0 saturated heterocycles. The highest BCUT2D eigenvalue weighted by Crippen LogP contribution is 2.29. The molecule has 1 N–H and O–H groups in total. The maximum Gasteiger partial charge on any atom is 0.275 e. The number of methoxy groups -OCH3 is 2. The second-order valence-corrected chi connectivity index (χ2v) is 7.41. The Labute approximate surface area is 160 Å². The van der Waals surface area contributed by atoms with E-state index in [1.807, 2.05) is 48.5 Å². The number of rotatable bonds is 7. The largest absolute Gasteiger partial charge is 0.497 e. The van der Waals surface area contributed by atoms with Gasteiger partial charge in [0.25, 0.3) is 5.91 Å². The summed E-state index contributed by atoms with van der Waals surface area (Å²) in [6.07, 6.45) is 0. The van der Waals surface area contributed by atoms with Crippen molar-refractivity contribution in [3.05, 3.63) is 64.6 Å². The molecule has 0 saturated carbocycles. The van der Waals surface area contributed by atoms with Crippen LogP contribution in [0.1, 0.15) is 15.5 Å². The van der Waals surface area contributed by atoms with Crippen LogP contribution in [-0.4, -0.2) is 25.1 Å². The molecule has 3 rings (SSSR count). The van der Waals surface area contributed by atoms with E-state index in [2.05, 4.69) is 10.3 Å². The number of benzene rings is 2. The first-order valence-corrected chi connectivity index (χ1v) is 9.54. The van der Waals surface area contributed by atoms with Gasteiger partial charge >= 0.3 is 0 Å². The zero-order chi connectivity index (χ0) is 18.4. The zero-order valence-corrected chi connectivity index (χ0v) is 16.0. The Morgan fingerprint density at radius 2 is 1.73 bits per heavy atom. The minimum atomic E-state index is -0.223. The second kappa shape index (κ2) is 8.84. The topological polar surface area (TPSA) is 60.5 Å². The van der Waals surface area contributed by atoms with Crippen molar-refractivity contribution in [2.45, 2.75) is 16.4 Å². The van der Waals surface area contributed by atoms with Gasteiger partial charge in [-0.3, -0.25) is 4.79 Å². The highest BCUT2D eigenvalue weighted by atomic mass is 32.2. The third-order valence-electron chi connectivity index (χ3n) is 3.46. The van der Waals surface area contributed by atoms with Gasteiger partial charge in [0.15, 0.2) is 0 Å². The number of aromatic nitrogens is 1. The smallest absolute Gasteiger partial charge is 0.275 e. The SMILES string of the molecule is COCc1nc(C(=O)Nc2ccc(Sc3ccc(OC)cc3)cc2)cs1. The lowest BCUT2D eigenvalue weighted by molar-refractivity contribution is 0.102. The van der Waals surface area contributed by atoms with Crippen molar-refractivity contribution in [3.63, 3.8) is 0 Å². The average Bonchev–Trinajstić information content (AvgIpc) is 3.13. The molecule has 134 valence electrons. The van der Waals surface area contributed by atoms with Gasteiger partial charge in [-0.05, 0) is 48.5 Å². The van der Waals surface area contributed by atoms with Gasteiger partial charge in [0.05, 0.1) is 13.7 Å². The fourth-order valence-corrected chi connectivity index (χ4v) is 3.75. The minimum Gasteiger partial charge on any atom is -0.497 e. The van der Waals surface area contributed by atoms with Crippen molar-refractivity contribution in [2.75, 3.05) is 19.5 Å². The summed E-state index contributed by atoms with van der Waals surface area (Å²) in [5.74, 6) is 0.613. The Morgan fingerprint density at radius 1 is 1.08 bits per heavy atom. The van der Waals surface area contributed by atoms with E-state index in [1.54, 1.807) is 31.4 Å². The molecule has 0 aliphatic rings. The molecule has 0 aliphatic carbocycles. The molecule has 0 fully saturated rings. The van der Waals surface area contributed by atoms with E-state index in [0.717, 1.165) is 26.2 Å². The van der Waals surface area contributed by atoms with E-state index in [-0.39, 0.29) is 5.91 Å². The molecular formula is C19H18N2O3S2. The normalized spacial score (nSPS) is 10.5. The first-order valence-electron chi connectivity index (χ1n) is 7.84. The number of anilines is 1. The van der Waals surface area contributed by atoms with Gasteiger partial charge in [0.1, 0.15) is 16.5 Å². The zero-order valence-electron chi connectivity index (χ0n) is 14.4. The molecule has 1 heterocycles. The van der Waals surface area contributed by atoms with Crippen LogP contribution in [0.15, 0.2) is 63.7 Å². The van der Waals surface area contributed by atoms with E-state index in [0.29, 0.717) is 12.3 Å². The third-order valence-corrected chi connectivity index (χ3v) is 5.30. The van der Waals surface area contributed by atoms with Crippen LogP contribution in [0, 0.1) is 0 Å². The quantitative estimate of drug-likeness (QED) is 0.638. The Bertz CT molecular complexity index is 861. The lowest BCUT2D eigenvalue weighted by Gasteiger charge is -2.06. The molecule has 3 aromatic rings. The third kappa shape index (κ3) is 4.85. The second-order valence-electron chi connectivity index (χ2n) is 5.32. The number of carbonyl (C=O) groups excluding carboxylic acids is 1. The summed E-state index contributed by atoms with van der Waals surface area (Å²) in [6.45, 7) is 0.412. The lowest BCUT2D eigenvalue weighted by Crippen LogP contribution is -2.12. The standard InChI is InChI=1S/C19H18N2O3S2/c1-23-11-18-21-17(12-25-18)19(22)20-13-3-7-15(8-4-13)26-16-9-5-14(24-2)6-10-16/h3-10,12H,11H2,1-2H3,(H,20,22). The van der Waals surface area contributed by atoms with Crippen LogP contribution in [0.25, 0.3) is 0 Å². The van der Waals surface area contributed by atoms with Crippen molar-refractivity contribution in [1.82, 2.24) is 4.98 Å². The van der Waals surface area contributed by atoms with Crippen LogP contribution in [0.2, 0.25) is 0 Å². The summed E-state index contributed by atoms with van der Waals surface area (Å²) < 4.78 is 10.2. The van der Waals surface area contributed by atoms with E-state index in [4.69, 9.17) is 9.47 Å². The maximum absolute atomic E-state index is 12.2. The van der Waals surface area contributed by atoms with Crippen molar-refractivity contribution >= 4 is 34.7 Å². The summed E-state index contributed by atoms with van der Waals surface area (Å²) in [5, 5.41) is 5.37. The van der Waals surface area contributed by atoms with E-state index >= 15 is 0 Å². The van der Waals surface area contributed by atoms with Crippen LogP contribution >= 0.6 is 23.1 Å². The van der Waals surface area contributed by atoms with Crippen molar-refractivity contribution in [1.29, 1.82) is 0 Å². The Morgan fingerprint density at radius 3 is 2.35 bits per heavy atom. The van der Waals surface area contributed by atoms with Crippen molar-refractivity contribution in [3.8, 4) is 5.75 Å². The highest BCUT2D eigenvalue weighted by molar-refractivity contribution is 7.99. The van der Waals surface area contributed by atoms with Crippen LogP contribution in [0.3, 0.4) is 0 Å². The van der Waals surface area contributed by atoms with Gasteiger partial charge in [-0.15, -0.1) is 11.3 Å². The van der Waals surface area contributed by atoms with E-state index < -0.39 is 0 Å². The van der Waals surface area contributed by atoms with Crippen LogP contribution < -0.4 is 10.1 Å². The van der Waals surface area contributed by atoms with Crippen LogP contribution in [-0.2, 0) is 11.3 Å². The van der Waals surface area contributed by atoms with Gasteiger partial charge in [-0.1, -0.05) is 11.8 Å². The molecule has 5 nitrogen and oxygen atoms in total. The molecule has 0 spiro atoms. The van der Waals surface area contributed by atoms with Crippen LogP contribution in [0.4, 0.5) is 5.69 Å². The first kappa shape index (κ1) is 18.4. The molecule has 26 heavy (non-hydrogen) atoms. The monoisotopic (exact) mass is 386 g/mol. The van der Waals surface area contributed by atoms with Gasteiger partial charge < -0.3 is 14.8 Å². The minimum absolute atomic E-state index is 0.223. The fourth-order valence-electron chi connectivity index (χ4n) is 2.19. The highest BCUT2D eigenvalue weighted by Gasteiger charge is 2.11. The van der Waals surface area contributed by atoms with Gasteiger partial charge in [0.2, 0.25) is 0 Å². The number of hydrogen-bond donors (Lipinski definition) is 1. The number of nitrogens with one attached hydrogen (secondary N) is 1. The number of ether oxygens (including phenoxy) is 2. The lowest BCUT2D eigenvalue weighted by atomic mass is 10.3. The van der Waals surface area contributed by atoms with Crippen LogP contribution in [0.5, 0.6) is 5.75 Å². The molecule has 7 heteroatoms. The molecule has 0 radical (unpaired) electrons. The molecule has 1 amide bonds. The predicted octanol–water partition coefficient (Wildman–Crippen LogP) is 4.70. The maximum atomic E-state index is 12.2. The summed E-state index contributed by atoms with van der Waals surface area (Å²) in [4.78, 5) is 18.7. The Hall–Kier alpha value is -2.35. The van der Waals surface area contributed by atoms with E-state index in [1.165, 1.54) is 11.3 Å². The Balaban J connectivity index is 1.60. The molecule has 1 aromatic heterocycles. The van der Waals surface area contributed by atoms with Crippen molar-refractivity contribution in [2.24, 2.45) is 0 Å². The van der Waals surface area contributed by atoms with Gasteiger partial charge in [0, 0.05) is 28.0 Å². The molecular weight excluding hydrogens is 368 g/mol. The number of nitrogens with zero attached hydrogens (tertiary/aromatic N) is 1. The molecule has 0 bridgehead atoms. The fraction of sp³-hybridized carbons (Fsp3) is 0.158. The van der Waals surface area contributed by atoms with E-state index in [9.17, 15) is 4.79 Å². The van der Waals surface area contributed by atoms with Gasteiger partial charge in [-0.25, -0.2) is 4.98 Å². The van der Waals surface area contributed by atoms with Gasteiger partial charge in [-0.2, -0.15) is 0 Å². The number of hydrogen-bond acceptors (Lipinski definition) is 6. The molecule has 0 unspecified atom stereocenters. The summed E-state index contributed by atoms with van der Waals surface area (Å²) in [6, 6.07) is 15.6. The average molecular weight is 386 g/mol. The molecule has 2 aromatic carbocycles. The Kier molecular flexibility index (Phi) is 6.27. The summed E-state index contributed by atoms with van der Waals surface area (Å²) in [7, 11) is 3.26. The number of amides is 1. The summed E-state index contributed by atoms with van der Waals surface area (Å²) in [5.41, 5.74) is 1.13. The number of carbonyl (C=O) groups is 1. The summed E-state index contributed by atoms with van der Waals surface area (Å²) >= 11 is 3.06. The number of thiazole rings is 1. The van der Waals surface area contributed by atoms with Crippen molar-refractivity contribution < 1.29 is 14.3 Å².